The molecule has 0 unspecified atom stereocenters. The average molecular weight is 567 g/mol. The Morgan fingerprint density at radius 2 is 1.95 bits per heavy atom. The number of aliphatic hydroxyl groups is 2. The largest absolute Gasteiger partial charge is 0.396 e. The molecule has 0 saturated carbocycles. The lowest BCUT2D eigenvalue weighted by Gasteiger charge is -2.37. The fourth-order valence-electron chi connectivity index (χ4n) is 5.90. The molecule has 1 spiro atoms. The number of anilines is 1. The molecule has 0 aliphatic carbocycles. The lowest BCUT2D eigenvalue weighted by Crippen LogP contribution is -2.49. The number of amides is 2. The van der Waals surface area contributed by atoms with Crippen LogP contribution in [0.25, 0.3) is 0 Å². The number of carbonyl (C=O) groups is 2. The summed E-state index contributed by atoms with van der Waals surface area (Å²) in [6.07, 6.45) is 0.246. The molecule has 1 saturated heterocycles. The van der Waals surface area contributed by atoms with Crippen LogP contribution < -0.4 is 16.0 Å². The first-order valence-electron chi connectivity index (χ1n) is 12.8. The van der Waals surface area contributed by atoms with Crippen LogP contribution in [0.4, 0.5) is 10.1 Å². The van der Waals surface area contributed by atoms with Gasteiger partial charge in [-0.05, 0) is 60.1 Å². The summed E-state index contributed by atoms with van der Waals surface area (Å²) in [5, 5.41) is 28.6. The van der Waals surface area contributed by atoms with Gasteiger partial charge in [-0.3, -0.25) is 9.59 Å². The second-order valence-electron chi connectivity index (χ2n) is 11.4. The minimum absolute atomic E-state index is 0.102. The van der Waals surface area contributed by atoms with Gasteiger partial charge in [-0.25, -0.2) is 4.39 Å². The van der Waals surface area contributed by atoms with Gasteiger partial charge in [0.05, 0.1) is 17.2 Å². The Balaban J connectivity index is 1.85. The molecule has 38 heavy (non-hydrogen) atoms. The molecule has 2 aliphatic rings. The summed E-state index contributed by atoms with van der Waals surface area (Å²) in [6, 6.07) is 8.37. The molecular formula is C28H34Cl2FN3O4. The van der Waals surface area contributed by atoms with E-state index < -0.39 is 35.3 Å². The molecule has 4 rings (SSSR count). The van der Waals surface area contributed by atoms with Gasteiger partial charge in [0.15, 0.2) is 0 Å². The molecule has 2 aromatic carbocycles. The Hall–Kier alpha value is -2.23. The topological polar surface area (TPSA) is 111 Å². The van der Waals surface area contributed by atoms with E-state index in [1.807, 2.05) is 26.8 Å². The van der Waals surface area contributed by atoms with E-state index in [1.165, 1.54) is 12.1 Å². The van der Waals surface area contributed by atoms with Crippen LogP contribution in [0.1, 0.15) is 57.1 Å². The van der Waals surface area contributed by atoms with Crippen molar-refractivity contribution in [3.8, 4) is 0 Å². The van der Waals surface area contributed by atoms with Crippen molar-refractivity contribution in [1.29, 1.82) is 0 Å². The molecule has 2 aliphatic heterocycles. The second kappa shape index (κ2) is 11.1. The zero-order chi connectivity index (χ0) is 27.8. The number of halogens is 3. The molecule has 2 amide bonds. The summed E-state index contributed by atoms with van der Waals surface area (Å²) in [5.41, 5.74) is -0.0265. The Labute approximate surface area is 232 Å². The molecule has 2 aromatic rings. The number of rotatable bonds is 8. The zero-order valence-electron chi connectivity index (χ0n) is 21.7. The van der Waals surface area contributed by atoms with Gasteiger partial charge in [0, 0.05) is 35.8 Å². The third-order valence-corrected chi connectivity index (χ3v) is 7.95. The van der Waals surface area contributed by atoms with E-state index in [0.717, 1.165) is 0 Å². The fraction of sp³-hybridized carbons (Fsp3) is 0.500. The van der Waals surface area contributed by atoms with Crippen LogP contribution in [0.2, 0.25) is 10.0 Å². The maximum Gasteiger partial charge on any atom is 0.237 e. The Kier molecular flexibility index (Phi) is 8.40. The van der Waals surface area contributed by atoms with Crippen molar-refractivity contribution >= 4 is 40.7 Å². The average Bonchev–Trinajstić information content (AvgIpc) is 3.29. The van der Waals surface area contributed by atoms with E-state index in [2.05, 4.69) is 16.0 Å². The number of fused-ring (bicyclic) bond motifs is 2. The summed E-state index contributed by atoms with van der Waals surface area (Å²) in [4.78, 5) is 27.7. The summed E-state index contributed by atoms with van der Waals surface area (Å²) >= 11 is 12.4. The predicted octanol–water partition coefficient (Wildman–Crippen LogP) is 4.13. The molecule has 10 heteroatoms. The van der Waals surface area contributed by atoms with E-state index in [4.69, 9.17) is 28.3 Å². The van der Waals surface area contributed by atoms with Crippen LogP contribution in [-0.4, -0.2) is 53.4 Å². The monoisotopic (exact) mass is 565 g/mol. The van der Waals surface area contributed by atoms with Crippen LogP contribution in [0.15, 0.2) is 36.4 Å². The highest BCUT2D eigenvalue weighted by Crippen LogP contribution is 2.57. The lowest BCUT2D eigenvalue weighted by molar-refractivity contribution is -0.123. The second-order valence-corrected chi connectivity index (χ2v) is 12.2. The Morgan fingerprint density at radius 3 is 2.61 bits per heavy atom. The fourth-order valence-corrected chi connectivity index (χ4v) is 6.26. The van der Waals surface area contributed by atoms with E-state index >= 15 is 0 Å². The number of carbonyl (C=O) groups excluding carboxylic acids is 2. The maximum absolute atomic E-state index is 14.9. The third-order valence-electron chi connectivity index (χ3n) is 7.43. The highest BCUT2D eigenvalue weighted by Gasteiger charge is 2.65. The highest BCUT2D eigenvalue weighted by atomic mass is 35.5. The van der Waals surface area contributed by atoms with Crippen molar-refractivity contribution in [2.45, 2.75) is 69.6 Å². The molecule has 1 fully saturated rings. The van der Waals surface area contributed by atoms with Crippen molar-refractivity contribution in [3.63, 3.8) is 0 Å². The number of benzene rings is 2. The zero-order valence-corrected chi connectivity index (χ0v) is 23.2. The summed E-state index contributed by atoms with van der Waals surface area (Å²) < 4.78 is 14.9. The highest BCUT2D eigenvalue weighted by molar-refractivity contribution is 6.31. The Morgan fingerprint density at radius 1 is 1.21 bits per heavy atom. The molecule has 0 bridgehead atoms. The lowest BCUT2D eigenvalue weighted by atomic mass is 9.62. The van der Waals surface area contributed by atoms with Crippen molar-refractivity contribution in [1.82, 2.24) is 10.6 Å². The normalized spacial score (nSPS) is 25.4. The third kappa shape index (κ3) is 5.42. The van der Waals surface area contributed by atoms with Crippen LogP contribution in [-0.2, 0) is 15.0 Å². The molecule has 5 N–H and O–H groups in total. The van der Waals surface area contributed by atoms with E-state index in [-0.39, 0.29) is 48.2 Å². The van der Waals surface area contributed by atoms with E-state index in [0.29, 0.717) is 28.3 Å². The number of nitrogens with one attached hydrogen (secondary N) is 3. The quantitative estimate of drug-likeness (QED) is 0.330. The van der Waals surface area contributed by atoms with Crippen LogP contribution in [0.5, 0.6) is 0 Å². The first-order chi connectivity index (χ1) is 17.9. The molecule has 0 aromatic heterocycles. The molecule has 2 heterocycles. The van der Waals surface area contributed by atoms with Gasteiger partial charge >= 0.3 is 0 Å². The van der Waals surface area contributed by atoms with Crippen LogP contribution >= 0.6 is 23.2 Å². The molecular weight excluding hydrogens is 532 g/mol. The van der Waals surface area contributed by atoms with Crippen molar-refractivity contribution in [3.05, 3.63) is 63.4 Å². The summed E-state index contributed by atoms with van der Waals surface area (Å²) in [7, 11) is 0. The van der Waals surface area contributed by atoms with Gasteiger partial charge in [0.1, 0.15) is 11.2 Å². The van der Waals surface area contributed by atoms with E-state index in [9.17, 15) is 19.1 Å². The number of hydrogen-bond donors (Lipinski definition) is 5. The number of aliphatic hydroxyl groups excluding tert-OH is 2. The van der Waals surface area contributed by atoms with Crippen molar-refractivity contribution < 1.29 is 24.2 Å². The van der Waals surface area contributed by atoms with Gasteiger partial charge in [0.2, 0.25) is 11.8 Å². The van der Waals surface area contributed by atoms with Crippen LogP contribution in [0.3, 0.4) is 0 Å². The smallest absolute Gasteiger partial charge is 0.237 e. The van der Waals surface area contributed by atoms with Crippen molar-refractivity contribution in [2.24, 2.45) is 5.41 Å². The standard InChI is InChI=1S/C28H34Cl2FN3O4/c1-27(2,3)14-22-28(18-12-20(31)19(30)13-21(18)33-26(28)38)23(15-5-4-6-16(29)11-15)24(34-22)25(37)32-9-7-17(36)8-10-35/h4-6,11-13,17,22-24,34-36H,7-10,14H2,1-3H3,(H,32,37)(H,33,38)/t17-,22-,23+,24-,28+/m1/s1. The molecule has 206 valence electrons. The summed E-state index contributed by atoms with van der Waals surface area (Å²) in [5.74, 6) is -2.06. The minimum Gasteiger partial charge on any atom is -0.396 e. The molecule has 5 atom stereocenters. The maximum atomic E-state index is 14.9. The van der Waals surface area contributed by atoms with E-state index in [1.54, 1.807) is 18.2 Å². The Bertz CT molecular complexity index is 1220. The molecule has 7 nitrogen and oxygen atoms in total. The first kappa shape index (κ1) is 28.8. The van der Waals surface area contributed by atoms with Crippen LogP contribution in [0, 0.1) is 11.2 Å². The van der Waals surface area contributed by atoms with Gasteiger partial charge in [-0.2, -0.15) is 0 Å². The van der Waals surface area contributed by atoms with Gasteiger partial charge in [-0.15, -0.1) is 0 Å². The van der Waals surface area contributed by atoms with Gasteiger partial charge in [-0.1, -0.05) is 56.1 Å². The van der Waals surface area contributed by atoms with Crippen molar-refractivity contribution in [2.75, 3.05) is 18.5 Å². The minimum atomic E-state index is -1.32. The molecule has 0 radical (unpaired) electrons. The summed E-state index contributed by atoms with van der Waals surface area (Å²) in [6.45, 7) is 6.17. The van der Waals surface area contributed by atoms with Gasteiger partial charge in [0.25, 0.3) is 0 Å². The first-order valence-corrected chi connectivity index (χ1v) is 13.5. The number of hydrogen-bond acceptors (Lipinski definition) is 5. The SMILES string of the molecule is CC(C)(C)C[C@H]1N[C@@H](C(=O)NCC[C@@H](O)CCO)[C@H](c2cccc(Cl)c2)[C@@]12C(=O)Nc1cc(Cl)c(F)cc12. The predicted molar refractivity (Wildman–Crippen MR) is 146 cm³/mol. The van der Waals surface area contributed by atoms with Gasteiger partial charge < -0.3 is 26.2 Å².